The van der Waals surface area contributed by atoms with Gasteiger partial charge in [0, 0.05) is 16.5 Å². The summed E-state index contributed by atoms with van der Waals surface area (Å²) in [7, 11) is 0. The van der Waals surface area contributed by atoms with Crippen molar-refractivity contribution in [1.29, 1.82) is 0 Å². The first-order valence-electron chi connectivity index (χ1n) is 11.1. The topological polar surface area (TPSA) is 132 Å². The lowest BCUT2D eigenvalue weighted by atomic mass is 9.83. The molecule has 2 aliphatic rings. The molecular weight excluding hydrogens is 545 g/mol. The number of fused-ring (bicyclic) bond motifs is 2. The number of nitrogens with zero attached hydrogens (tertiary/aromatic N) is 2. The first-order valence-corrected chi connectivity index (χ1v) is 12.8. The van der Waals surface area contributed by atoms with Crippen molar-refractivity contribution in [3.8, 4) is 0 Å². The molecule has 5 amide bonds. The second-order valence-corrected chi connectivity index (χ2v) is 10.7. The van der Waals surface area contributed by atoms with Gasteiger partial charge < -0.3 is 11.1 Å². The quantitative estimate of drug-likeness (QED) is 0.470. The van der Waals surface area contributed by atoms with E-state index in [4.69, 9.17) is 5.73 Å². The van der Waals surface area contributed by atoms with Crippen LogP contribution in [-0.2, 0) is 27.1 Å². The minimum Gasteiger partial charge on any atom is -0.351 e. The van der Waals surface area contributed by atoms with Gasteiger partial charge in [-0.05, 0) is 23.8 Å². The highest BCUT2D eigenvalue weighted by atomic mass is 32.2. The molecule has 3 aromatic rings. The van der Waals surface area contributed by atoms with Crippen LogP contribution in [-0.4, -0.2) is 38.5 Å². The second kappa shape index (κ2) is 9.44. The summed E-state index contributed by atoms with van der Waals surface area (Å²) >= 11 is 1.68. The number of aromatic nitrogens is 1. The van der Waals surface area contributed by atoms with E-state index >= 15 is 0 Å². The number of nitrogens with one attached hydrogen (secondary N) is 1. The predicted molar refractivity (Wildman–Crippen MR) is 132 cm³/mol. The van der Waals surface area contributed by atoms with Crippen molar-refractivity contribution in [2.45, 2.75) is 28.9 Å². The summed E-state index contributed by atoms with van der Waals surface area (Å²) in [5.41, 5.74) is 4.86. The third-order valence-corrected chi connectivity index (χ3v) is 8.81. The normalized spacial score (nSPS) is 20.7. The van der Waals surface area contributed by atoms with Crippen molar-refractivity contribution >= 4 is 52.5 Å². The Kier molecular flexibility index (Phi) is 6.39. The van der Waals surface area contributed by atoms with Gasteiger partial charge in [0.2, 0.25) is 11.8 Å². The Morgan fingerprint density at radius 2 is 1.71 bits per heavy atom. The maximum Gasteiger partial charge on any atom is 0.416 e. The average molecular weight is 563 g/mol. The van der Waals surface area contributed by atoms with Crippen LogP contribution < -0.4 is 15.9 Å². The van der Waals surface area contributed by atoms with Gasteiger partial charge in [0.05, 0.1) is 16.5 Å². The zero-order valence-corrected chi connectivity index (χ0v) is 20.7. The maximum absolute atomic E-state index is 13.1. The Labute approximate surface area is 220 Å². The Morgan fingerprint density at radius 3 is 2.37 bits per heavy atom. The predicted octanol–water partition coefficient (Wildman–Crippen LogP) is 3.24. The van der Waals surface area contributed by atoms with E-state index in [1.807, 2.05) is 0 Å². The molecule has 3 atom stereocenters. The number of urea groups is 1. The molecule has 0 spiro atoms. The van der Waals surface area contributed by atoms with Crippen LogP contribution in [0.4, 0.5) is 23.7 Å². The van der Waals surface area contributed by atoms with E-state index < -0.39 is 64.0 Å². The summed E-state index contributed by atoms with van der Waals surface area (Å²) < 4.78 is 40.2. The van der Waals surface area contributed by atoms with Gasteiger partial charge in [0.1, 0.15) is 11.8 Å². The number of hydrogen-bond acceptors (Lipinski definition) is 7. The number of carbonyl (C=O) groups excluding carboxylic acids is 4. The van der Waals surface area contributed by atoms with Gasteiger partial charge in [-0.25, -0.2) is 4.79 Å². The molecule has 0 bridgehead atoms. The monoisotopic (exact) mass is 562 g/mol. The zero-order valence-electron chi connectivity index (χ0n) is 19.1. The molecule has 14 heteroatoms. The number of thioether (sulfide) groups is 1. The molecule has 9 nitrogen and oxygen atoms in total. The van der Waals surface area contributed by atoms with Crippen molar-refractivity contribution < 1.29 is 32.3 Å². The minimum absolute atomic E-state index is 0.106. The van der Waals surface area contributed by atoms with E-state index in [1.54, 1.807) is 30.3 Å². The molecule has 2 aromatic carbocycles. The number of likely N-dealkylation sites (tertiary alicyclic amines) is 1. The fourth-order valence-corrected chi connectivity index (χ4v) is 7.38. The molecule has 0 aliphatic carbocycles. The van der Waals surface area contributed by atoms with Crippen molar-refractivity contribution in [2.24, 2.45) is 11.7 Å². The van der Waals surface area contributed by atoms with Crippen LogP contribution in [0, 0.1) is 5.92 Å². The lowest BCUT2D eigenvalue weighted by Gasteiger charge is -2.30. The number of thiazole rings is 1. The minimum atomic E-state index is -4.60. The molecule has 1 aromatic heterocycles. The number of hydrogen-bond donors (Lipinski definition) is 2. The van der Waals surface area contributed by atoms with E-state index in [1.165, 1.54) is 6.07 Å². The number of imide groups is 3. The van der Waals surface area contributed by atoms with E-state index in [9.17, 15) is 37.1 Å². The Hall–Kier alpha value is -3.91. The Bertz CT molecular complexity index is 1540. The van der Waals surface area contributed by atoms with Crippen molar-refractivity contribution in [3.63, 3.8) is 0 Å². The summed E-state index contributed by atoms with van der Waals surface area (Å²) in [5.74, 6) is -4.11. The summed E-state index contributed by atoms with van der Waals surface area (Å²) in [4.78, 5) is 64.0. The molecule has 38 heavy (non-hydrogen) atoms. The lowest BCUT2D eigenvalue weighted by molar-refractivity contribution is -0.138. The van der Waals surface area contributed by atoms with Crippen LogP contribution in [0.15, 0.2) is 64.4 Å². The number of anilines is 1. The molecule has 0 saturated carbocycles. The largest absolute Gasteiger partial charge is 0.416 e. The van der Waals surface area contributed by atoms with Crippen LogP contribution in [0.1, 0.15) is 21.9 Å². The number of carbonyl (C=O) groups is 4. The summed E-state index contributed by atoms with van der Waals surface area (Å²) in [6.07, 6.45) is -4.60. The third-order valence-electron chi connectivity index (χ3n) is 6.20. The van der Waals surface area contributed by atoms with Crippen LogP contribution in [0.2, 0.25) is 0 Å². The van der Waals surface area contributed by atoms with Crippen LogP contribution >= 0.6 is 23.1 Å². The fraction of sp³-hybridized carbons (Fsp3) is 0.208. The summed E-state index contributed by atoms with van der Waals surface area (Å²) in [5, 5.41) is 1.56. The number of primary amides is 1. The van der Waals surface area contributed by atoms with Crippen LogP contribution in [0.25, 0.3) is 0 Å². The molecule has 5 rings (SSSR count). The highest BCUT2D eigenvalue weighted by molar-refractivity contribution is 8.00. The molecule has 2 aliphatic heterocycles. The standard InChI is InChI=1S/C24H17F3N4O5S2/c25-24(26,27)12-7-4-8-13(9-12)29-14(32)10-30-21-18(38-23(30)36)15(11-5-2-1-3-6-11)16-17(37-21)20(34)31(19(16)33)22(28)35/h1-9,15-17H,10H2,(H2,28,35)(H,29,32)/t15-,16+,17-/m0/s1. The number of rotatable bonds is 4. The highest BCUT2D eigenvalue weighted by Crippen LogP contribution is 2.53. The number of alkyl halides is 3. The molecule has 3 N–H and O–H groups in total. The number of nitrogens with two attached hydrogens (primary N) is 1. The van der Waals surface area contributed by atoms with Crippen LogP contribution in [0.5, 0.6) is 0 Å². The Balaban J connectivity index is 1.51. The molecular formula is C24H17F3N4O5S2. The highest BCUT2D eigenvalue weighted by Gasteiger charge is 2.57. The SMILES string of the molecule is NC(=O)N1C(=O)[C@@H]2[C@H](c3ccccc3)c3sc(=O)n(CC(=O)Nc4cccc(C(F)(F)F)c4)c3S[C@@H]2C1=O. The molecule has 0 unspecified atom stereocenters. The smallest absolute Gasteiger partial charge is 0.351 e. The van der Waals surface area contributed by atoms with Gasteiger partial charge in [-0.15, -0.1) is 0 Å². The van der Waals surface area contributed by atoms with E-state index in [0.29, 0.717) is 15.3 Å². The van der Waals surface area contributed by atoms with Crippen LogP contribution in [0.3, 0.4) is 0 Å². The van der Waals surface area contributed by atoms with Gasteiger partial charge in [0.25, 0.3) is 5.91 Å². The fourth-order valence-electron chi connectivity index (χ4n) is 4.61. The number of amides is 5. The van der Waals surface area contributed by atoms with E-state index in [2.05, 4.69) is 5.32 Å². The van der Waals surface area contributed by atoms with E-state index in [-0.39, 0.29) is 10.7 Å². The molecule has 0 radical (unpaired) electrons. The maximum atomic E-state index is 13.1. The summed E-state index contributed by atoms with van der Waals surface area (Å²) in [6, 6.07) is 11.5. The molecule has 3 heterocycles. The first-order chi connectivity index (χ1) is 18.0. The van der Waals surface area contributed by atoms with Gasteiger partial charge >= 0.3 is 17.1 Å². The first kappa shape index (κ1) is 25.7. The van der Waals surface area contributed by atoms with Gasteiger partial charge in [-0.1, -0.05) is 59.5 Å². The van der Waals surface area contributed by atoms with Crippen molar-refractivity contribution in [2.75, 3.05) is 5.32 Å². The number of benzene rings is 2. The zero-order chi connectivity index (χ0) is 27.4. The molecule has 1 fully saturated rings. The molecule has 196 valence electrons. The third kappa shape index (κ3) is 4.39. The van der Waals surface area contributed by atoms with Crippen molar-refractivity contribution in [1.82, 2.24) is 9.47 Å². The number of halogens is 3. The summed E-state index contributed by atoms with van der Waals surface area (Å²) in [6.45, 7) is -0.547. The second-order valence-electron chi connectivity index (χ2n) is 8.55. The van der Waals surface area contributed by atoms with Crippen molar-refractivity contribution in [3.05, 3.63) is 80.3 Å². The van der Waals surface area contributed by atoms with Gasteiger partial charge in [-0.3, -0.25) is 23.7 Å². The van der Waals surface area contributed by atoms with Gasteiger partial charge in [-0.2, -0.15) is 18.1 Å². The Morgan fingerprint density at radius 1 is 1.00 bits per heavy atom. The van der Waals surface area contributed by atoms with E-state index in [0.717, 1.165) is 45.9 Å². The molecule has 1 saturated heterocycles. The average Bonchev–Trinajstić information content (AvgIpc) is 3.30. The van der Waals surface area contributed by atoms with Gasteiger partial charge in [0.15, 0.2) is 0 Å². The lowest BCUT2D eigenvalue weighted by Crippen LogP contribution is -2.41.